The number of benzene rings is 2. The quantitative estimate of drug-likeness (QED) is 0.506. The zero-order valence-electron chi connectivity index (χ0n) is 17.6. The fourth-order valence-corrected chi connectivity index (χ4v) is 5.07. The van der Waals surface area contributed by atoms with Crippen LogP contribution in [0.15, 0.2) is 59.8 Å². The fourth-order valence-electron chi connectivity index (χ4n) is 3.61. The van der Waals surface area contributed by atoms with Gasteiger partial charge < -0.3 is 11.1 Å². The van der Waals surface area contributed by atoms with Gasteiger partial charge in [0.2, 0.25) is 15.9 Å². The highest BCUT2D eigenvalue weighted by Gasteiger charge is 2.28. The molecule has 0 unspecified atom stereocenters. The summed E-state index contributed by atoms with van der Waals surface area (Å²) in [7, 11) is -4.04. The number of hydrogen-bond acceptors (Lipinski definition) is 6. The van der Waals surface area contributed by atoms with Gasteiger partial charge in [0.1, 0.15) is 17.7 Å². The molecule has 1 saturated heterocycles. The van der Waals surface area contributed by atoms with Gasteiger partial charge in [0, 0.05) is 17.7 Å². The number of nitrogens with two attached hydrogens (primary N) is 1. The summed E-state index contributed by atoms with van der Waals surface area (Å²) >= 11 is 0. The Morgan fingerprint density at radius 1 is 1.06 bits per heavy atom. The molecule has 1 aromatic heterocycles. The van der Waals surface area contributed by atoms with Gasteiger partial charge in [0.05, 0.1) is 23.0 Å². The summed E-state index contributed by atoms with van der Waals surface area (Å²) in [6.45, 7) is 0.525. The first-order valence-corrected chi connectivity index (χ1v) is 11.6. The molecule has 174 valence electrons. The van der Waals surface area contributed by atoms with E-state index in [1.54, 1.807) is 24.3 Å². The van der Waals surface area contributed by atoms with E-state index in [0.717, 1.165) is 12.8 Å². The summed E-state index contributed by atoms with van der Waals surface area (Å²) in [4.78, 5) is 20.2. The van der Waals surface area contributed by atoms with Crippen LogP contribution in [-0.2, 0) is 14.8 Å². The van der Waals surface area contributed by atoms with Gasteiger partial charge in [-0.2, -0.15) is 18.2 Å². The molecule has 8 nitrogen and oxygen atoms in total. The Morgan fingerprint density at radius 2 is 1.85 bits per heavy atom. The largest absolute Gasteiger partial charge is 0.382 e. The zero-order chi connectivity index (χ0) is 22.7. The first kappa shape index (κ1) is 24.6. The van der Waals surface area contributed by atoms with Gasteiger partial charge in [0.25, 0.3) is 0 Å². The molecule has 4 N–H and O–H groups in total. The summed E-state index contributed by atoms with van der Waals surface area (Å²) < 4.78 is 43.7. The van der Waals surface area contributed by atoms with Gasteiger partial charge >= 0.3 is 0 Å². The van der Waals surface area contributed by atoms with Gasteiger partial charge in [0.15, 0.2) is 0 Å². The summed E-state index contributed by atoms with van der Waals surface area (Å²) in [6, 6.07) is 9.81. The number of halogens is 1. The number of hydrogen-bond donors (Lipinski definition) is 3. The van der Waals surface area contributed by atoms with Crippen molar-refractivity contribution in [2.75, 3.05) is 12.3 Å². The highest BCUT2D eigenvalue weighted by atomic mass is 32.2. The number of anilines is 1. The molecule has 0 radical (unpaired) electrons. The molecule has 11 heteroatoms. The van der Waals surface area contributed by atoms with Crippen LogP contribution in [0.4, 0.5) is 10.2 Å². The van der Waals surface area contributed by atoms with Gasteiger partial charge in [-0.3, -0.25) is 9.78 Å². The number of amides is 1. The van der Waals surface area contributed by atoms with Crippen molar-refractivity contribution in [2.24, 2.45) is 0 Å². The van der Waals surface area contributed by atoms with E-state index >= 15 is 0 Å². The van der Waals surface area contributed by atoms with E-state index in [1.165, 1.54) is 30.6 Å². The molecule has 33 heavy (non-hydrogen) atoms. The van der Waals surface area contributed by atoms with E-state index in [1.807, 2.05) is 0 Å². The minimum Gasteiger partial charge on any atom is -0.382 e. The average Bonchev–Trinajstić information content (AvgIpc) is 2.98. The molecular weight excluding hydrogens is 465 g/mol. The number of nitrogens with one attached hydrogen (secondary N) is 2. The molecule has 0 bridgehead atoms. The van der Waals surface area contributed by atoms with Gasteiger partial charge in [-0.25, -0.2) is 17.8 Å². The molecule has 1 fully saturated rings. The van der Waals surface area contributed by atoms with Crippen molar-refractivity contribution in [1.82, 2.24) is 20.0 Å². The number of nitrogens with zero attached hydrogens (tertiary/aromatic N) is 2. The maximum atomic E-state index is 14.9. The number of rotatable bonds is 5. The maximum Gasteiger partial charge on any atom is 0.241 e. The molecule has 1 atom stereocenters. The van der Waals surface area contributed by atoms with E-state index in [0.29, 0.717) is 29.8 Å². The lowest BCUT2D eigenvalue weighted by molar-refractivity contribution is -0.122. The van der Waals surface area contributed by atoms with Crippen molar-refractivity contribution in [3.63, 3.8) is 0 Å². The van der Waals surface area contributed by atoms with Crippen molar-refractivity contribution in [3.05, 3.63) is 60.7 Å². The van der Waals surface area contributed by atoms with Crippen LogP contribution in [0.3, 0.4) is 0 Å². The van der Waals surface area contributed by atoms with Crippen molar-refractivity contribution in [2.45, 2.75) is 30.2 Å². The second-order valence-corrected chi connectivity index (χ2v) is 9.16. The first-order chi connectivity index (χ1) is 15.3. The van der Waals surface area contributed by atoms with Crippen LogP contribution in [-0.4, -0.2) is 36.9 Å². The Hall–Kier alpha value is -3.02. The van der Waals surface area contributed by atoms with E-state index < -0.39 is 21.9 Å². The molecule has 1 aliphatic rings. The van der Waals surface area contributed by atoms with Crippen LogP contribution in [0.25, 0.3) is 22.4 Å². The van der Waals surface area contributed by atoms with Crippen molar-refractivity contribution < 1.29 is 17.6 Å². The normalized spacial score (nSPS) is 16.4. The van der Waals surface area contributed by atoms with Crippen molar-refractivity contribution in [1.29, 1.82) is 0 Å². The van der Waals surface area contributed by atoms with E-state index in [-0.39, 0.29) is 35.7 Å². The molecule has 1 aliphatic heterocycles. The molecule has 0 saturated carbocycles. The lowest BCUT2D eigenvalue weighted by atomic mass is 10.0. The van der Waals surface area contributed by atoms with Gasteiger partial charge in [-0.15, -0.1) is 0 Å². The summed E-state index contributed by atoms with van der Waals surface area (Å²) in [5.74, 6) is -0.701. The van der Waals surface area contributed by atoms with Crippen LogP contribution >= 0.6 is 13.5 Å². The summed E-state index contributed by atoms with van der Waals surface area (Å²) in [5, 5.41) is 2.71. The predicted octanol–water partition coefficient (Wildman–Crippen LogP) is 2.59. The van der Waals surface area contributed by atoms with Crippen LogP contribution < -0.4 is 15.8 Å². The Bertz CT molecular complexity index is 1250. The Balaban J connectivity index is 0.00000306. The van der Waals surface area contributed by atoms with Crippen LogP contribution in [0.5, 0.6) is 0 Å². The highest BCUT2D eigenvalue weighted by Crippen LogP contribution is 2.31. The third-order valence-electron chi connectivity index (χ3n) is 5.24. The SMILES string of the molecule is Nc1cnc(-c2ccc(-c3ccccc3S(=O)(=O)N[C@H]3CCCCNC3=O)cc2F)cn1.S. The molecule has 1 amide bonds. The summed E-state index contributed by atoms with van der Waals surface area (Å²) in [5.41, 5.74) is 6.76. The highest BCUT2D eigenvalue weighted by molar-refractivity contribution is 7.89. The lowest BCUT2D eigenvalue weighted by Gasteiger charge is -2.17. The van der Waals surface area contributed by atoms with Crippen LogP contribution in [0.2, 0.25) is 0 Å². The van der Waals surface area contributed by atoms with E-state index in [2.05, 4.69) is 20.0 Å². The molecule has 3 aromatic rings. The van der Waals surface area contributed by atoms with Crippen LogP contribution in [0, 0.1) is 5.82 Å². The third-order valence-corrected chi connectivity index (χ3v) is 6.77. The van der Waals surface area contributed by atoms with Crippen LogP contribution in [0.1, 0.15) is 19.3 Å². The van der Waals surface area contributed by atoms with Crippen molar-refractivity contribution in [3.8, 4) is 22.4 Å². The first-order valence-electron chi connectivity index (χ1n) is 10.1. The lowest BCUT2D eigenvalue weighted by Crippen LogP contribution is -2.45. The van der Waals surface area contributed by atoms with Gasteiger partial charge in [-0.1, -0.05) is 24.3 Å². The zero-order valence-corrected chi connectivity index (χ0v) is 19.4. The standard InChI is InChI=1S/C22H22FN5O3S.H2S/c23-17-11-14(8-9-16(17)19-12-27-21(24)13-26-19)15-5-1-2-7-20(15)32(30,31)28-18-6-3-4-10-25-22(18)29;/h1-2,5,7-9,11-13,18,28H,3-4,6,10H2,(H2,24,27)(H,25,29);1H2/t18-;/m0./s1. The maximum absolute atomic E-state index is 14.9. The molecule has 0 aliphatic carbocycles. The Morgan fingerprint density at radius 3 is 2.58 bits per heavy atom. The molecule has 2 aromatic carbocycles. The number of carbonyl (C=O) groups is 1. The Kier molecular flexibility index (Phi) is 7.67. The topological polar surface area (TPSA) is 127 Å². The Labute approximate surface area is 198 Å². The molecule has 2 heterocycles. The van der Waals surface area contributed by atoms with Gasteiger partial charge in [-0.05, 0) is 43.0 Å². The van der Waals surface area contributed by atoms with E-state index in [4.69, 9.17) is 5.73 Å². The average molecular weight is 490 g/mol. The second kappa shape index (κ2) is 10.3. The number of aromatic nitrogens is 2. The molecular formula is C22H24FN5O3S2. The summed E-state index contributed by atoms with van der Waals surface area (Å²) in [6.07, 6.45) is 4.64. The number of sulfonamides is 1. The third kappa shape index (κ3) is 5.49. The second-order valence-electron chi connectivity index (χ2n) is 7.48. The smallest absolute Gasteiger partial charge is 0.241 e. The minimum absolute atomic E-state index is 0. The minimum atomic E-state index is -4.04. The predicted molar refractivity (Wildman–Crippen MR) is 129 cm³/mol. The molecule has 0 spiro atoms. The van der Waals surface area contributed by atoms with E-state index in [9.17, 15) is 17.6 Å². The van der Waals surface area contributed by atoms with Crippen molar-refractivity contribution >= 4 is 35.2 Å². The molecule has 4 rings (SSSR count). The fraction of sp³-hybridized carbons (Fsp3) is 0.227. The number of nitrogen functional groups attached to an aromatic ring is 1. The number of carbonyl (C=O) groups excluding carboxylic acids is 1. The monoisotopic (exact) mass is 489 g/mol.